The van der Waals surface area contributed by atoms with Crippen molar-refractivity contribution in [3.8, 4) is 55.9 Å². The lowest BCUT2D eigenvalue weighted by molar-refractivity contribution is 0.659. The largest absolute Gasteiger partial charge is 0.310 e. The summed E-state index contributed by atoms with van der Waals surface area (Å²) in [7, 11) is 0. The van der Waals surface area contributed by atoms with Crippen molar-refractivity contribution in [2.24, 2.45) is 0 Å². The van der Waals surface area contributed by atoms with Crippen LogP contribution in [-0.2, 0) is 21.7 Å². The predicted molar refractivity (Wildman–Crippen MR) is 409 cm³/mol. The molecule has 0 amide bonds. The number of hydrogen-bond acceptors (Lipinski definition) is 6. The maximum absolute atomic E-state index is 4.85. The fourth-order valence-corrected chi connectivity index (χ4v) is 18.5. The molecular weight excluding hydrogens is 1200 g/mol. The van der Waals surface area contributed by atoms with E-state index in [9.17, 15) is 0 Å². The minimum absolute atomic E-state index is 0.129. The van der Waals surface area contributed by atoms with Gasteiger partial charge in [0.05, 0.1) is 11.4 Å². The van der Waals surface area contributed by atoms with Gasteiger partial charge < -0.3 is 9.80 Å². The van der Waals surface area contributed by atoms with Gasteiger partial charge >= 0.3 is 0 Å². The quantitative estimate of drug-likeness (QED) is 0.129. The highest BCUT2D eigenvalue weighted by Crippen LogP contribution is 2.56. The molecule has 0 N–H and O–H groups in total. The Labute approximate surface area is 570 Å². The third kappa shape index (κ3) is 9.13. The number of pyridine rings is 2. The summed E-state index contributed by atoms with van der Waals surface area (Å²) < 4.78 is 2.47. The van der Waals surface area contributed by atoms with Gasteiger partial charge in [-0.15, -0.1) is 22.7 Å². The number of fused-ring (bicyclic) bond motifs is 14. The van der Waals surface area contributed by atoms with Crippen LogP contribution >= 0.6 is 22.7 Å². The van der Waals surface area contributed by atoms with Crippen LogP contribution in [0.3, 0.4) is 0 Å². The average molecular weight is 1270 g/mol. The third-order valence-electron chi connectivity index (χ3n) is 21.6. The molecule has 4 heterocycles. The van der Waals surface area contributed by atoms with Crippen molar-refractivity contribution in [2.75, 3.05) is 9.80 Å². The van der Waals surface area contributed by atoms with Gasteiger partial charge in [0.25, 0.3) is 0 Å². The van der Waals surface area contributed by atoms with E-state index in [1.54, 1.807) is 0 Å². The molecule has 18 rings (SSSR count). The predicted octanol–water partition coefficient (Wildman–Crippen LogP) is 25.1. The second-order valence-corrected chi connectivity index (χ2v) is 30.9. The van der Waals surface area contributed by atoms with E-state index < -0.39 is 0 Å². The van der Waals surface area contributed by atoms with E-state index in [1.165, 1.54) is 119 Å². The molecule has 4 aromatic heterocycles. The van der Waals surface area contributed by atoms with Crippen LogP contribution in [0, 0.1) is 0 Å². The number of anilines is 6. The van der Waals surface area contributed by atoms with E-state index in [4.69, 9.17) is 9.97 Å². The van der Waals surface area contributed by atoms with Gasteiger partial charge in [0, 0.05) is 87.3 Å². The van der Waals surface area contributed by atoms with Gasteiger partial charge in [0.15, 0.2) is 0 Å². The summed E-state index contributed by atoms with van der Waals surface area (Å²) in [5, 5.41) is 2.44. The van der Waals surface area contributed by atoms with E-state index in [-0.39, 0.29) is 21.7 Å². The van der Waals surface area contributed by atoms with Crippen LogP contribution in [-0.4, -0.2) is 9.97 Å². The van der Waals surface area contributed by atoms with Gasteiger partial charge in [-0.25, -0.2) is 0 Å². The van der Waals surface area contributed by atoms with Crippen LogP contribution in [0.5, 0.6) is 0 Å². The van der Waals surface area contributed by atoms with E-state index in [0.29, 0.717) is 0 Å². The standard InChI is InChI=1S/C90H70N4S2/c1-87(2)75-21-13-9-17-67(75)71-37-31-59(49-79(71)87)93(60-32-38-72-68-18-10-14-22-76(68)88(3,4)80(72)50-60)63-29-27-57-47-65(95-85(57)53-63)35-25-55-41-43-91-83(45-55)84-46-56(42-44-92-84)26-36-66-48-58-28-30-64(54-86(58)96-66)94(61-33-39-73-69-19-11-15-23-77(69)89(5,6)81(73)51-61)62-34-40-74-70-20-12-16-24-78(70)90(7,8)82(74)52-62/h9-54H,1-8H3/b35-25+,36-26+. The summed E-state index contributed by atoms with van der Waals surface area (Å²) in [6.45, 7) is 19.0. The Bertz CT molecular complexity index is 5090. The van der Waals surface area contributed by atoms with Crippen LogP contribution in [0.25, 0.3) is 100 Å². The lowest BCUT2D eigenvalue weighted by Crippen LogP contribution is -2.18. The second kappa shape index (κ2) is 21.5. The Hall–Kier alpha value is -10.5. The monoisotopic (exact) mass is 1270 g/mol. The number of thiophene rings is 2. The molecule has 6 heteroatoms. The second-order valence-electron chi connectivity index (χ2n) is 28.6. The van der Waals surface area contributed by atoms with Gasteiger partial charge in [0.1, 0.15) is 0 Å². The molecule has 0 saturated carbocycles. The molecule has 0 spiro atoms. The van der Waals surface area contributed by atoms with Gasteiger partial charge in [0.2, 0.25) is 0 Å². The first-order valence-corrected chi connectivity index (χ1v) is 35.1. The Morgan fingerprint density at radius 3 is 0.875 bits per heavy atom. The number of aromatic nitrogens is 2. The van der Waals surface area contributed by atoms with Crippen molar-refractivity contribution in [3.63, 3.8) is 0 Å². The maximum atomic E-state index is 4.85. The molecule has 0 unspecified atom stereocenters. The summed E-state index contributed by atoms with van der Waals surface area (Å²) >= 11 is 3.64. The maximum Gasteiger partial charge on any atom is 0.0892 e. The van der Waals surface area contributed by atoms with Crippen LogP contribution in [0.2, 0.25) is 0 Å². The van der Waals surface area contributed by atoms with Crippen LogP contribution in [0.15, 0.2) is 255 Å². The summed E-state index contributed by atoms with van der Waals surface area (Å²) in [6.07, 6.45) is 12.7. The number of rotatable bonds is 11. The zero-order valence-corrected chi connectivity index (χ0v) is 56.8. The number of hydrogen-bond donors (Lipinski definition) is 0. The molecule has 96 heavy (non-hydrogen) atoms. The molecule has 4 nitrogen and oxygen atoms in total. The smallest absolute Gasteiger partial charge is 0.0892 e. The molecule has 4 aliphatic carbocycles. The zero-order chi connectivity index (χ0) is 65.0. The molecule has 462 valence electrons. The van der Waals surface area contributed by atoms with Crippen molar-refractivity contribution in [2.45, 2.75) is 77.0 Å². The zero-order valence-electron chi connectivity index (χ0n) is 55.2. The minimum Gasteiger partial charge on any atom is -0.310 e. The van der Waals surface area contributed by atoms with Crippen LogP contribution < -0.4 is 9.80 Å². The highest BCUT2D eigenvalue weighted by molar-refractivity contribution is 7.20. The van der Waals surface area contributed by atoms with E-state index in [0.717, 1.165) is 56.6 Å². The molecule has 4 aliphatic rings. The number of benzene rings is 10. The summed E-state index contributed by atoms with van der Waals surface area (Å²) in [6, 6.07) is 91.1. The molecule has 10 aromatic carbocycles. The molecule has 0 fully saturated rings. The fourth-order valence-electron chi connectivity index (χ4n) is 16.5. The first-order chi connectivity index (χ1) is 46.5. The number of nitrogens with zero attached hydrogens (tertiary/aromatic N) is 4. The Morgan fingerprint density at radius 1 is 0.271 bits per heavy atom. The third-order valence-corrected chi connectivity index (χ3v) is 23.7. The lowest BCUT2D eigenvalue weighted by Gasteiger charge is -2.29. The summed E-state index contributed by atoms with van der Waals surface area (Å²) in [5.41, 5.74) is 31.7. The molecular formula is C90H70N4S2. The molecule has 0 aliphatic heterocycles. The summed E-state index contributed by atoms with van der Waals surface area (Å²) in [5.74, 6) is 0. The normalized spacial score (nSPS) is 15.1. The molecule has 0 radical (unpaired) electrons. The Morgan fingerprint density at radius 2 is 0.552 bits per heavy atom. The van der Waals surface area contributed by atoms with Crippen molar-refractivity contribution < 1.29 is 0 Å². The van der Waals surface area contributed by atoms with Crippen molar-refractivity contribution in [3.05, 3.63) is 320 Å². The molecule has 14 aromatic rings. The van der Waals surface area contributed by atoms with Gasteiger partial charge in [-0.05, 0) is 232 Å². The Balaban J connectivity index is 0.621. The molecule has 0 atom stereocenters. The topological polar surface area (TPSA) is 32.3 Å². The van der Waals surface area contributed by atoms with Crippen molar-refractivity contribution >= 4 is 101 Å². The highest BCUT2D eigenvalue weighted by Gasteiger charge is 2.40. The SMILES string of the molecule is CC1(C)c2ccccc2-c2ccc(N(c3ccc4c(c3)C(C)(C)c3ccccc3-4)c3ccc4cc(/C=C/c5ccnc(-c6cc(/C=C/c7cc8ccc(N(c9ccc%10c(c9)C(C)(C)c9ccccc9-%10)c9ccc%10c(c9)C(C)(C)c9ccccc9-%10)cc8s7)ccn6)c5)sc4c3)cc21. The summed E-state index contributed by atoms with van der Waals surface area (Å²) in [4.78, 5) is 17.0. The Kier molecular flexibility index (Phi) is 13.0. The molecule has 0 bridgehead atoms. The fraction of sp³-hybridized carbons (Fsp3) is 0.133. The van der Waals surface area contributed by atoms with Gasteiger partial charge in [-0.2, -0.15) is 0 Å². The van der Waals surface area contributed by atoms with Crippen LogP contribution in [0.4, 0.5) is 34.1 Å². The van der Waals surface area contributed by atoms with E-state index >= 15 is 0 Å². The van der Waals surface area contributed by atoms with Crippen molar-refractivity contribution in [1.29, 1.82) is 0 Å². The minimum atomic E-state index is -0.129. The van der Waals surface area contributed by atoms with Gasteiger partial charge in [-0.3, -0.25) is 9.97 Å². The van der Waals surface area contributed by atoms with Gasteiger partial charge in [-0.1, -0.05) is 201 Å². The van der Waals surface area contributed by atoms with E-state index in [2.05, 4.69) is 332 Å². The lowest BCUT2D eigenvalue weighted by atomic mass is 9.82. The highest BCUT2D eigenvalue weighted by atomic mass is 32.1. The van der Waals surface area contributed by atoms with Crippen molar-refractivity contribution in [1.82, 2.24) is 9.97 Å². The van der Waals surface area contributed by atoms with E-state index in [1.807, 2.05) is 35.1 Å². The average Bonchev–Trinajstić information content (AvgIpc) is 1.63. The first-order valence-electron chi connectivity index (χ1n) is 33.5. The molecule has 0 saturated heterocycles. The van der Waals surface area contributed by atoms with Crippen LogP contribution in [0.1, 0.15) is 121 Å². The first kappa shape index (κ1) is 58.1.